The molecule has 0 amide bonds. The van der Waals surface area contributed by atoms with E-state index in [0.717, 1.165) is 0 Å². The fourth-order valence-corrected chi connectivity index (χ4v) is 1.42. The second-order valence-corrected chi connectivity index (χ2v) is 4.45. The third kappa shape index (κ3) is 7.99. The number of carbonyl (C=O) groups is 2. The van der Waals surface area contributed by atoms with Gasteiger partial charge in [-0.05, 0) is 6.92 Å². The maximum absolute atomic E-state index is 10.5. The summed E-state index contributed by atoms with van der Waals surface area (Å²) >= 11 is 0. The summed E-state index contributed by atoms with van der Waals surface area (Å²) in [6, 6.07) is 1.39. The van der Waals surface area contributed by atoms with E-state index in [-0.39, 0.29) is 56.9 Å². The van der Waals surface area contributed by atoms with Crippen LogP contribution >= 0.6 is 0 Å². The Morgan fingerprint density at radius 2 is 1.15 bits per heavy atom. The van der Waals surface area contributed by atoms with Crippen LogP contribution in [-0.2, 0) is 9.59 Å². The Hall–Kier alpha value is -2.08. The van der Waals surface area contributed by atoms with Gasteiger partial charge in [0.05, 0.1) is 26.9 Å². The zero-order chi connectivity index (χ0) is 20.8. The number of nitro groups is 3. The molecule has 0 aromatic heterocycles. The normalized spacial score (nSPS) is 11.7. The van der Waals surface area contributed by atoms with Gasteiger partial charge in [0.15, 0.2) is 12.2 Å². The van der Waals surface area contributed by atoms with E-state index in [1.807, 2.05) is 0 Å². The van der Waals surface area contributed by atoms with E-state index in [9.17, 15) is 39.9 Å². The molecule has 2 unspecified atom stereocenters. The van der Waals surface area contributed by atoms with E-state index in [2.05, 4.69) is 0 Å². The first kappa shape index (κ1) is 27.1. The third-order valence-corrected chi connectivity index (χ3v) is 2.75. The second kappa shape index (κ2) is 11.6. The van der Waals surface area contributed by atoms with E-state index < -0.39 is 56.0 Å². The van der Waals surface area contributed by atoms with Crippen LogP contribution in [0.1, 0.15) is 5.56 Å². The van der Waals surface area contributed by atoms with E-state index in [1.54, 1.807) is 0 Å². The third-order valence-electron chi connectivity index (χ3n) is 2.75. The van der Waals surface area contributed by atoms with Crippen molar-refractivity contribution < 1.29 is 44.8 Å². The predicted octanol–water partition coefficient (Wildman–Crippen LogP) is -1.05. The quantitative estimate of drug-likeness (QED) is 0.246. The zero-order valence-electron chi connectivity index (χ0n) is 12.7. The van der Waals surface area contributed by atoms with Gasteiger partial charge in [-0.2, -0.15) is 0 Å². The van der Waals surface area contributed by atoms with Crippen molar-refractivity contribution in [1.82, 2.24) is 0 Å². The van der Waals surface area contributed by atoms with Gasteiger partial charge in [-0.15, -0.1) is 0 Å². The van der Waals surface area contributed by atoms with Crippen LogP contribution in [0.25, 0.3) is 0 Å². The minimum absolute atomic E-state index is 0. The van der Waals surface area contributed by atoms with Crippen LogP contribution in [0.4, 0.5) is 17.1 Å². The Kier molecular flexibility index (Phi) is 11.7. The van der Waals surface area contributed by atoms with E-state index >= 15 is 0 Å². The SMILES string of the molecule is Cc1c([N+](=O)[O-])cc([N+](=O)[O-])cc1[N+](=O)[O-].O=C(O)C(O)C(O)C(=O)O.[KH]. The molecule has 1 rings (SSSR count). The van der Waals surface area contributed by atoms with Crippen LogP contribution in [0.5, 0.6) is 0 Å². The van der Waals surface area contributed by atoms with Crippen LogP contribution < -0.4 is 0 Å². The molecule has 2 atom stereocenters. The van der Waals surface area contributed by atoms with Gasteiger partial charge >= 0.3 is 63.3 Å². The summed E-state index contributed by atoms with van der Waals surface area (Å²) in [5.74, 6) is -3.54. The molecule has 0 spiro atoms. The molecule has 0 aliphatic rings. The number of rotatable bonds is 6. The van der Waals surface area contributed by atoms with Crippen molar-refractivity contribution in [1.29, 1.82) is 0 Å². The predicted molar refractivity (Wildman–Crippen MR) is 85.6 cm³/mol. The summed E-state index contributed by atoms with van der Waals surface area (Å²) in [6.45, 7) is 1.17. The molecule has 0 bridgehead atoms. The first-order valence-electron chi connectivity index (χ1n) is 6.20. The number of hydrogen-bond donors (Lipinski definition) is 4. The summed E-state index contributed by atoms with van der Waals surface area (Å²) in [6.07, 6.45) is -4.53. The molecule has 16 heteroatoms. The molecule has 0 aliphatic heterocycles. The van der Waals surface area contributed by atoms with Gasteiger partial charge < -0.3 is 20.4 Å². The van der Waals surface area contributed by atoms with Crippen LogP contribution in [0, 0.1) is 37.3 Å². The van der Waals surface area contributed by atoms with Crippen LogP contribution in [-0.4, -0.2) is 111 Å². The number of aliphatic hydroxyl groups excluding tert-OH is 2. The molecule has 1 aromatic rings. The fourth-order valence-electron chi connectivity index (χ4n) is 1.42. The topological polar surface area (TPSA) is 244 Å². The number of carboxylic acids is 2. The molecule has 144 valence electrons. The Morgan fingerprint density at radius 1 is 0.852 bits per heavy atom. The van der Waals surface area contributed by atoms with E-state index in [4.69, 9.17) is 20.4 Å². The van der Waals surface area contributed by atoms with Crippen molar-refractivity contribution in [2.24, 2.45) is 0 Å². The molecule has 0 saturated carbocycles. The molecule has 4 N–H and O–H groups in total. The molecule has 0 fully saturated rings. The maximum atomic E-state index is 10.5. The van der Waals surface area contributed by atoms with Gasteiger partial charge in [-0.1, -0.05) is 0 Å². The van der Waals surface area contributed by atoms with Gasteiger partial charge in [0.1, 0.15) is 5.56 Å². The molecule has 0 saturated heterocycles. The molecule has 0 aliphatic carbocycles. The summed E-state index contributed by atoms with van der Waals surface area (Å²) < 4.78 is 0. The van der Waals surface area contributed by atoms with Gasteiger partial charge in [-0.3, -0.25) is 30.3 Å². The number of nitrogens with zero attached hydrogens (tertiary/aromatic N) is 3. The van der Waals surface area contributed by atoms with Gasteiger partial charge in [-0.25, -0.2) is 9.59 Å². The number of aliphatic carboxylic acids is 2. The van der Waals surface area contributed by atoms with Crippen LogP contribution in [0.15, 0.2) is 12.1 Å². The molecular weight excluding hydrogens is 405 g/mol. The summed E-state index contributed by atoms with van der Waals surface area (Å²) in [7, 11) is 0. The average Bonchev–Trinajstić information content (AvgIpc) is 2.53. The average molecular weight is 417 g/mol. The summed E-state index contributed by atoms with van der Waals surface area (Å²) in [4.78, 5) is 48.3. The Labute approximate surface area is 191 Å². The second-order valence-electron chi connectivity index (χ2n) is 4.45. The Bertz CT molecular complexity index is 714. The summed E-state index contributed by atoms with van der Waals surface area (Å²) in [5, 5.41) is 64.0. The number of non-ortho nitro benzene ring substituents is 1. The fraction of sp³-hybridized carbons (Fsp3) is 0.273. The number of aliphatic hydroxyl groups is 2. The molecular formula is C11H12KN3O12. The first-order valence-corrected chi connectivity index (χ1v) is 6.20. The van der Waals surface area contributed by atoms with Crippen molar-refractivity contribution in [3.05, 3.63) is 48.0 Å². The van der Waals surface area contributed by atoms with Crippen molar-refractivity contribution in [2.45, 2.75) is 19.1 Å². The van der Waals surface area contributed by atoms with E-state index in [1.165, 1.54) is 6.92 Å². The number of hydrogen-bond acceptors (Lipinski definition) is 10. The molecule has 0 radical (unpaired) electrons. The Balaban J connectivity index is 0. The Morgan fingerprint density at radius 3 is 1.33 bits per heavy atom. The van der Waals surface area contributed by atoms with Gasteiger partial charge in [0.2, 0.25) is 0 Å². The van der Waals surface area contributed by atoms with Crippen molar-refractivity contribution in [3.63, 3.8) is 0 Å². The summed E-state index contributed by atoms with van der Waals surface area (Å²) in [5.41, 5.74) is -2.16. The zero-order valence-corrected chi connectivity index (χ0v) is 12.7. The van der Waals surface area contributed by atoms with Gasteiger partial charge in [0, 0.05) is 0 Å². The van der Waals surface area contributed by atoms with Crippen molar-refractivity contribution in [2.75, 3.05) is 0 Å². The molecule has 1 aromatic carbocycles. The number of nitro benzene ring substituents is 3. The number of benzene rings is 1. The van der Waals surface area contributed by atoms with Crippen LogP contribution in [0.2, 0.25) is 0 Å². The first-order chi connectivity index (χ1) is 11.8. The monoisotopic (exact) mass is 417 g/mol. The van der Waals surface area contributed by atoms with Crippen molar-refractivity contribution in [3.8, 4) is 0 Å². The molecule has 0 heterocycles. The van der Waals surface area contributed by atoms with Crippen molar-refractivity contribution >= 4 is 80.4 Å². The molecule has 27 heavy (non-hydrogen) atoms. The van der Waals surface area contributed by atoms with E-state index in [0.29, 0.717) is 12.1 Å². The number of carboxylic acid groups (broad SMARTS) is 2. The minimum atomic E-state index is -2.27. The van der Waals surface area contributed by atoms with Crippen LogP contribution in [0.3, 0.4) is 0 Å². The standard InChI is InChI=1S/C7H5N3O6.C4H6O6.K.H/c1-4-6(9(13)14)2-5(8(11)12)3-7(4)10(15)16;5-1(3(7)8)2(6)4(9)10;;/h2-3H,1H3;1-2,5-6H,(H,7,8)(H,9,10);;. The van der Waals surface area contributed by atoms with Gasteiger partial charge in [0.25, 0.3) is 17.1 Å². The molecule has 15 nitrogen and oxygen atoms in total.